The maximum absolute atomic E-state index is 13.1. The first-order valence-electron chi connectivity index (χ1n) is 12.4. The Balaban J connectivity index is 1.42. The monoisotopic (exact) mass is 520 g/mol. The van der Waals surface area contributed by atoms with Crippen molar-refractivity contribution in [2.75, 3.05) is 51.5 Å². The Kier molecular flexibility index (Phi) is 7.47. The van der Waals surface area contributed by atoms with Crippen LogP contribution in [0.1, 0.15) is 11.1 Å². The number of hydrogen-bond acceptors (Lipinski definition) is 10. The van der Waals surface area contributed by atoms with Crippen LogP contribution in [0.2, 0.25) is 0 Å². The summed E-state index contributed by atoms with van der Waals surface area (Å²) >= 11 is 0. The summed E-state index contributed by atoms with van der Waals surface area (Å²) in [5, 5.41) is 3.17. The standard InChI is InChI=1S/C27H32N6O5/c1-32-12-17-7-8-21(35-2)22(10-17)38-19-6-4-5-18(9-19)16-37-23-14-33(13-20(23)29-25(34)15-32)24-11-26(36-3)31-27(28)30-24/h4-11,20,23H,12-16H2,1-3H3,(H,29,34)(H2,28,30,31)/t20-,23-/m0/s1. The minimum atomic E-state index is -0.281. The smallest absolute Gasteiger partial charge is 0.234 e. The van der Waals surface area contributed by atoms with Crippen molar-refractivity contribution in [2.24, 2.45) is 0 Å². The molecule has 1 aromatic heterocycles. The van der Waals surface area contributed by atoms with Gasteiger partial charge in [-0.2, -0.15) is 9.97 Å². The van der Waals surface area contributed by atoms with E-state index in [2.05, 4.69) is 15.3 Å². The average Bonchev–Trinajstić information content (AvgIpc) is 3.29. The normalized spacial score (nSPS) is 20.3. The van der Waals surface area contributed by atoms with Crippen molar-refractivity contribution in [1.29, 1.82) is 0 Å². The molecule has 2 atom stereocenters. The molecule has 0 aliphatic carbocycles. The van der Waals surface area contributed by atoms with Gasteiger partial charge in [0.15, 0.2) is 11.5 Å². The lowest BCUT2D eigenvalue weighted by atomic mass is 10.1. The largest absolute Gasteiger partial charge is 0.493 e. The molecule has 0 saturated carbocycles. The zero-order valence-electron chi connectivity index (χ0n) is 21.7. The number of likely N-dealkylation sites (N-methyl/N-ethyl adjacent to an activating group) is 1. The number of amides is 1. The second-order valence-electron chi connectivity index (χ2n) is 9.46. The molecule has 1 saturated heterocycles. The predicted molar refractivity (Wildman–Crippen MR) is 142 cm³/mol. The molecule has 1 amide bonds. The Bertz CT molecular complexity index is 1300. The van der Waals surface area contributed by atoms with Crippen molar-refractivity contribution in [3.8, 4) is 23.1 Å². The summed E-state index contributed by atoms with van der Waals surface area (Å²) in [6, 6.07) is 15.0. The van der Waals surface area contributed by atoms with Crippen molar-refractivity contribution in [3.05, 3.63) is 59.7 Å². The van der Waals surface area contributed by atoms with Crippen LogP contribution in [0.5, 0.6) is 23.1 Å². The van der Waals surface area contributed by atoms with Crippen LogP contribution in [0, 0.1) is 0 Å². The number of carbonyl (C=O) groups is 1. The van der Waals surface area contributed by atoms with Crippen LogP contribution in [-0.2, 0) is 22.7 Å². The SMILES string of the molecule is COc1cc(N2C[C@@H]3NC(=O)CN(C)Cc4ccc(OC)c(c4)Oc4cccc(c4)CO[C@H]3C2)nc(N)n1. The number of nitrogens with one attached hydrogen (secondary N) is 1. The van der Waals surface area contributed by atoms with E-state index in [9.17, 15) is 4.79 Å². The van der Waals surface area contributed by atoms with Crippen LogP contribution in [0.4, 0.5) is 11.8 Å². The van der Waals surface area contributed by atoms with Crippen molar-refractivity contribution < 1.29 is 23.7 Å². The van der Waals surface area contributed by atoms with Crippen LogP contribution in [-0.4, -0.2) is 73.8 Å². The number of hydrogen-bond donors (Lipinski definition) is 2. The molecule has 200 valence electrons. The highest BCUT2D eigenvalue weighted by Gasteiger charge is 2.36. The molecule has 11 nitrogen and oxygen atoms in total. The Morgan fingerprint density at radius 2 is 1.89 bits per heavy atom. The number of rotatable bonds is 3. The molecule has 38 heavy (non-hydrogen) atoms. The van der Waals surface area contributed by atoms with Crippen LogP contribution in [0.15, 0.2) is 48.5 Å². The second kappa shape index (κ2) is 11.1. The van der Waals surface area contributed by atoms with Crippen molar-refractivity contribution >= 4 is 17.7 Å². The number of ether oxygens (including phenoxy) is 4. The summed E-state index contributed by atoms with van der Waals surface area (Å²) < 4.78 is 23.3. The minimum Gasteiger partial charge on any atom is -0.493 e. The molecule has 3 N–H and O–H groups in total. The van der Waals surface area contributed by atoms with E-state index in [1.807, 2.05) is 59.3 Å². The van der Waals surface area contributed by atoms with Gasteiger partial charge < -0.3 is 34.9 Å². The van der Waals surface area contributed by atoms with Crippen molar-refractivity contribution in [2.45, 2.75) is 25.3 Å². The highest BCUT2D eigenvalue weighted by molar-refractivity contribution is 5.78. The van der Waals surface area contributed by atoms with Crippen LogP contribution in [0.25, 0.3) is 0 Å². The van der Waals surface area contributed by atoms with Gasteiger partial charge in [0.25, 0.3) is 0 Å². The lowest BCUT2D eigenvalue weighted by molar-refractivity contribution is -0.123. The van der Waals surface area contributed by atoms with Gasteiger partial charge in [-0.25, -0.2) is 0 Å². The Labute approximate surface area is 221 Å². The predicted octanol–water partition coefficient (Wildman–Crippen LogP) is 2.20. The number of carbonyl (C=O) groups excluding carboxylic acids is 1. The lowest BCUT2D eigenvalue weighted by Crippen LogP contribution is -2.47. The van der Waals surface area contributed by atoms with E-state index < -0.39 is 0 Å². The fraction of sp³-hybridized carbons (Fsp3) is 0.370. The molecule has 0 unspecified atom stereocenters. The van der Waals surface area contributed by atoms with Crippen molar-refractivity contribution in [1.82, 2.24) is 20.2 Å². The number of anilines is 2. The molecule has 2 aromatic carbocycles. The summed E-state index contributed by atoms with van der Waals surface area (Å²) in [5.74, 6) is 2.95. The number of aromatic nitrogens is 2. The zero-order chi connectivity index (χ0) is 26.6. The third-order valence-corrected chi connectivity index (χ3v) is 6.54. The fourth-order valence-corrected chi connectivity index (χ4v) is 4.76. The number of fused-ring (bicyclic) bond motifs is 5. The third kappa shape index (κ3) is 5.90. The van der Waals surface area contributed by atoms with E-state index >= 15 is 0 Å². The van der Waals surface area contributed by atoms with Crippen molar-refractivity contribution in [3.63, 3.8) is 0 Å². The first-order valence-corrected chi connectivity index (χ1v) is 12.4. The molecular weight excluding hydrogens is 488 g/mol. The van der Waals surface area contributed by atoms with Gasteiger partial charge in [0, 0.05) is 25.7 Å². The molecular formula is C27H32N6O5. The van der Waals surface area contributed by atoms with Gasteiger partial charge in [0.2, 0.25) is 17.7 Å². The summed E-state index contributed by atoms with van der Waals surface area (Å²) in [7, 11) is 5.05. The van der Waals surface area contributed by atoms with E-state index in [1.165, 1.54) is 7.11 Å². The molecule has 4 bridgehead atoms. The maximum atomic E-state index is 13.1. The van der Waals surface area contributed by atoms with E-state index in [1.54, 1.807) is 13.2 Å². The van der Waals surface area contributed by atoms with Crippen LogP contribution in [0.3, 0.4) is 0 Å². The van der Waals surface area contributed by atoms with Gasteiger partial charge in [-0.3, -0.25) is 9.69 Å². The average molecular weight is 521 g/mol. The topological polar surface area (TPSA) is 124 Å². The Hall–Kier alpha value is -4.09. The summed E-state index contributed by atoms with van der Waals surface area (Å²) in [6.45, 7) is 2.14. The van der Waals surface area contributed by atoms with Gasteiger partial charge >= 0.3 is 0 Å². The number of benzene rings is 2. The number of nitrogens with two attached hydrogens (primary N) is 1. The maximum Gasteiger partial charge on any atom is 0.234 e. The summed E-state index contributed by atoms with van der Waals surface area (Å²) in [5.41, 5.74) is 7.84. The van der Waals surface area contributed by atoms with Gasteiger partial charge in [0.05, 0.1) is 39.5 Å². The molecule has 3 heterocycles. The van der Waals surface area contributed by atoms with E-state index in [4.69, 9.17) is 24.7 Å². The highest BCUT2D eigenvalue weighted by atomic mass is 16.5. The first kappa shape index (κ1) is 25.6. The zero-order valence-corrected chi connectivity index (χ0v) is 21.7. The van der Waals surface area contributed by atoms with Crippen LogP contribution >= 0.6 is 0 Å². The minimum absolute atomic E-state index is 0.0909. The van der Waals surface area contributed by atoms with Crippen LogP contribution < -0.4 is 30.2 Å². The molecule has 2 aliphatic heterocycles. The van der Waals surface area contributed by atoms with Gasteiger partial charge in [-0.15, -0.1) is 0 Å². The summed E-state index contributed by atoms with van der Waals surface area (Å²) in [4.78, 5) is 25.5. The molecule has 0 spiro atoms. The quantitative estimate of drug-likeness (QED) is 0.531. The Morgan fingerprint density at radius 3 is 2.71 bits per heavy atom. The second-order valence-corrected chi connectivity index (χ2v) is 9.46. The van der Waals surface area contributed by atoms with E-state index in [0.717, 1.165) is 11.1 Å². The highest BCUT2D eigenvalue weighted by Crippen LogP contribution is 2.33. The third-order valence-electron chi connectivity index (χ3n) is 6.54. The fourth-order valence-electron chi connectivity index (χ4n) is 4.76. The number of nitrogen functional groups attached to an aromatic ring is 1. The van der Waals surface area contributed by atoms with Gasteiger partial charge in [-0.05, 0) is 42.4 Å². The number of nitrogens with zero attached hydrogens (tertiary/aromatic N) is 4. The van der Waals surface area contributed by atoms with E-state index in [-0.39, 0.29) is 30.5 Å². The molecule has 0 radical (unpaired) electrons. The molecule has 2 aliphatic rings. The lowest BCUT2D eigenvalue weighted by Gasteiger charge is -2.23. The molecule has 5 rings (SSSR count). The van der Waals surface area contributed by atoms with E-state index in [0.29, 0.717) is 55.2 Å². The molecule has 3 aromatic rings. The van der Waals surface area contributed by atoms with Gasteiger partial charge in [0.1, 0.15) is 11.6 Å². The Morgan fingerprint density at radius 1 is 1.03 bits per heavy atom. The summed E-state index contributed by atoms with van der Waals surface area (Å²) in [6.07, 6.45) is -0.281. The first-order chi connectivity index (χ1) is 18.4. The molecule has 11 heteroatoms. The molecule has 1 fully saturated rings. The number of methoxy groups -OCH3 is 2. The van der Waals surface area contributed by atoms with Gasteiger partial charge in [-0.1, -0.05) is 18.2 Å².